The predicted octanol–water partition coefficient (Wildman–Crippen LogP) is 4.15. The number of carbonyl (C=O) groups excluding carboxylic acids is 1. The fourth-order valence-corrected chi connectivity index (χ4v) is 3.81. The molecule has 29 heavy (non-hydrogen) atoms. The van der Waals surface area contributed by atoms with Crippen LogP contribution >= 0.6 is 0 Å². The monoisotopic (exact) mass is 398 g/mol. The summed E-state index contributed by atoms with van der Waals surface area (Å²) in [4.78, 5) is 20.7. The van der Waals surface area contributed by atoms with Crippen molar-refractivity contribution < 1.29 is 9.53 Å². The summed E-state index contributed by atoms with van der Waals surface area (Å²) in [5, 5.41) is 8.39. The first-order valence-electron chi connectivity index (χ1n) is 9.98. The average Bonchev–Trinajstić information content (AvgIpc) is 3.30. The number of aromatic nitrogens is 5. The van der Waals surface area contributed by atoms with E-state index >= 15 is 0 Å². The maximum absolute atomic E-state index is 11.6. The van der Waals surface area contributed by atoms with Crippen LogP contribution in [0.25, 0.3) is 11.0 Å². The maximum Gasteiger partial charge on any atom is 0.327 e. The van der Waals surface area contributed by atoms with E-state index in [1.54, 1.807) is 19.3 Å². The van der Waals surface area contributed by atoms with E-state index in [-0.39, 0.29) is 19.9 Å². The first-order valence-corrected chi connectivity index (χ1v) is 9.98. The van der Waals surface area contributed by atoms with Crippen molar-refractivity contribution in [2.75, 3.05) is 11.9 Å². The molecule has 3 aromatic heterocycles. The largest absolute Gasteiger partial charge is 0.465 e. The van der Waals surface area contributed by atoms with E-state index in [1.807, 2.05) is 6.20 Å². The molecule has 1 N–H and O–H groups in total. The summed E-state index contributed by atoms with van der Waals surface area (Å²) < 4.78 is 8.71. The normalized spacial score (nSPS) is 14.5. The van der Waals surface area contributed by atoms with Crippen LogP contribution in [0.4, 0.5) is 11.6 Å². The van der Waals surface area contributed by atoms with Crippen molar-refractivity contribution in [2.45, 2.75) is 59.5 Å². The van der Waals surface area contributed by atoms with E-state index in [0.29, 0.717) is 12.6 Å². The number of ether oxygens (including phenoxy) is 1. The zero-order valence-corrected chi connectivity index (χ0v) is 16.2. The van der Waals surface area contributed by atoms with E-state index in [4.69, 9.17) is 9.72 Å². The molecule has 0 amide bonds. The van der Waals surface area contributed by atoms with Gasteiger partial charge in [-0.25, -0.2) is 4.98 Å². The van der Waals surface area contributed by atoms with E-state index < -0.39 is 0 Å². The number of hydrogen-bond acceptors (Lipinski definition) is 6. The Labute approximate surface area is 171 Å². The molecule has 0 aromatic carbocycles. The van der Waals surface area contributed by atoms with Gasteiger partial charge in [-0.1, -0.05) is 26.7 Å². The number of esters is 1. The summed E-state index contributed by atoms with van der Waals surface area (Å²) in [5.41, 5.74) is 1.68. The van der Waals surface area contributed by atoms with Gasteiger partial charge in [-0.15, -0.1) is 0 Å². The molecule has 0 aliphatic heterocycles. The molecule has 156 valence electrons. The molecule has 8 heteroatoms. The summed E-state index contributed by atoms with van der Waals surface area (Å²) in [6.07, 6.45) is 14.0. The van der Waals surface area contributed by atoms with Crippen molar-refractivity contribution in [3.05, 3.63) is 30.9 Å². The minimum absolute atomic E-state index is 0. The second-order valence-electron chi connectivity index (χ2n) is 7.30. The highest BCUT2D eigenvalue weighted by Gasteiger charge is 2.16. The van der Waals surface area contributed by atoms with E-state index in [2.05, 4.69) is 32.2 Å². The molecule has 3 aromatic rings. The van der Waals surface area contributed by atoms with Gasteiger partial charge in [-0.2, -0.15) is 10.1 Å². The fourth-order valence-electron chi connectivity index (χ4n) is 3.81. The maximum atomic E-state index is 11.6. The lowest BCUT2D eigenvalue weighted by Gasteiger charge is -2.22. The lowest BCUT2D eigenvalue weighted by atomic mass is 9.89. The predicted molar refractivity (Wildman–Crippen MR) is 113 cm³/mol. The summed E-state index contributed by atoms with van der Waals surface area (Å²) >= 11 is 0. The molecule has 0 atom stereocenters. The molecule has 0 saturated heterocycles. The van der Waals surface area contributed by atoms with Gasteiger partial charge < -0.3 is 14.6 Å². The number of carbonyl (C=O) groups is 1. The van der Waals surface area contributed by atoms with Gasteiger partial charge >= 0.3 is 5.97 Å². The molecule has 3 heterocycles. The lowest BCUT2D eigenvalue weighted by molar-refractivity contribution is -0.144. The molecular weight excluding hydrogens is 368 g/mol. The van der Waals surface area contributed by atoms with Gasteiger partial charge in [0, 0.05) is 30.5 Å². The van der Waals surface area contributed by atoms with Crippen LogP contribution in [0.2, 0.25) is 0 Å². The number of hydrogen-bond donors (Lipinski definition) is 1. The van der Waals surface area contributed by atoms with Crippen LogP contribution in [0, 0.1) is 5.92 Å². The Bertz CT molecular complexity index is 942. The van der Waals surface area contributed by atoms with Crippen molar-refractivity contribution in [2.24, 2.45) is 5.92 Å². The Morgan fingerprint density at radius 2 is 2.10 bits per heavy atom. The number of nitrogens with one attached hydrogen (secondary N) is 1. The van der Waals surface area contributed by atoms with E-state index in [1.165, 1.54) is 36.8 Å². The summed E-state index contributed by atoms with van der Waals surface area (Å²) in [6.45, 7) is 3.24. The Kier molecular flexibility index (Phi) is 6.85. The highest BCUT2D eigenvalue weighted by atomic mass is 16.5. The van der Waals surface area contributed by atoms with Crippen LogP contribution in [0.15, 0.2) is 30.9 Å². The molecule has 0 bridgehead atoms. The fraction of sp³-hybridized carbons (Fsp3) is 0.524. The Hall–Kier alpha value is -2.90. The standard InChI is InChI=1S/C20H26N6O2.CH4/c1-2-28-18(27)14-26-13-17(11-22-26)23-20-21-10-16-8-9-25(19(16)24-20)12-15-6-4-3-5-7-15;/h8-11,13,15H,2-7,12,14H2,1H3,(H,21,23,24);1H4. The van der Waals surface area contributed by atoms with Crippen molar-refractivity contribution in [3.8, 4) is 0 Å². The topological polar surface area (TPSA) is 86.9 Å². The second kappa shape index (κ2) is 9.54. The SMILES string of the molecule is C.CCOC(=O)Cn1cc(Nc2ncc3ccn(CC4CCCCC4)c3n2)cn1. The zero-order chi connectivity index (χ0) is 19.3. The third-order valence-corrected chi connectivity index (χ3v) is 5.17. The zero-order valence-electron chi connectivity index (χ0n) is 16.2. The van der Waals surface area contributed by atoms with Crippen molar-refractivity contribution in [1.82, 2.24) is 24.3 Å². The second-order valence-corrected chi connectivity index (χ2v) is 7.30. The first-order chi connectivity index (χ1) is 13.7. The number of anilines is 2. The molecule has 1 saturated carbocycles. The molecule has 1 aliphatic carbocycles. The van der Waals surface area contributed by atoms with Gasteiger partial charge in [0.1, 0.15) is 12.2 Å². The van der Waals surface area contributed by atoms with Crippen LogP contribution in [0.3, 0.4) is 0 Å². The summed E-state index contributed by atoms with van der Waals surface area (Å²) in [5.74, 6) is 0.943. The van der Waals surface area contributed by atoms with Crippen molar-refractivity contribution in [1.29, 1.82) is 0 Å². The molecule has 8 nitrogen and oxygen atoms in total. The average molecular weight is 399 g/mol. The van der Waals surface area contributed by atoms with Crippen LogP contribution < -0.4 is 5.32 Å². The van der Waals surface area contributed by atoms with Crippen LogP contribution in [-0.2, 0) is 22.6 Å². The molecular formula is C21H30N6O2. The summed E-state index contributed by atoms with van der Waals surface area (Å²) in [7, 11) is 0. The lowest BCUT2D eigenvalue weighted by Crippen LogP contribution is -2.14. The van der Waals surface area contributed by atoms with Gasteiger partial charge in [0.05, 0.1) is 18.5 Å². The Morgan fingerprint density at radius 1 is 1.28 bits per heavy atom. The van der Waals surface area contributed by atoms with E-state index in [9.17, 15) is 4.79 Å². The third-order valence-electron chi connectivity index (χ3n) is 5.17. The Morgan fingerprint density at radius 3 is 2.90 bits per heavy atom. The van der Waals surface area contributed by atoms with Crippen LogP contribution in [0.1, 0.15) is 46.5 Å². The summed E-state index contributed by atoms with van der Waals surface area (Å²) in [6, 6.07) is 2.07. The third kappa shape index (κ3) is 5.13. The van der Waals surface area contributed by atoms with Gasteiger partial charge in [0.15, 0.2) is 0 Å². The van der Waals surface area contributed by atoms with Gasteiger partial charge in [0.25, 0.3) is 0 Å². The molecule has 1 fully saturated rings. The van der Waals surface area contributed by atoms with Crippen LogP contribution in [0.5, 0.6) is 0 Å². The van der Waals surface area contributed by atoms with E-state index in [0.717, 1.165) is 29.2 Å². The number of nitrogens with zero attached hydrogens (tertiary/aromatic N) is 5. The number of rotatable bonds is 7. The highest BCUT2D eigenvalue weighted by Crippen LogP contribution is 2.26. The van der Waals surface area contributed by atoms with Gasteiger partial charge in [0.2, 0.25) is 5.95 Å². The molecule has 0 radical (unpaired) electrons. The molecule has 0 unspecified atom stereocenters. The minimum Gasteiger partial charge on any atom is -0.465 e. The van der Waals surface area contributed by atoms with Crippen molar-refractivity contribution in [3.63, 3.8) is 0 Å². The van der Waals surface area contributed by atoms with Gasteiger partial charge in [-0.3, -0.25) is 9.48 Å². The smallest absolute Gasteiger partial charge is 0.327 e. The van der Waals surface area contributed by atoms with Gasteiger partial charge in [-0.05, 0) is 31.7 Å². The quantitative estimate of drug-likeness (QED) is 0.602. The minimum atomic E-state index is -0.310. The Balaban J connectivity index is 0.00000240. The molecule has 4 rings (SSSR count). The van der Waals surface area contributed by atoms with Crippen molar-refractivity contribution >= 4 is 28.6 Å². The number of fused-ring (bicyclic) bond motifs is 1. The molecule has 0 spiro atoms. The first kappa shape index (κ1) is 20.8. The molecule has 1 aliphatic rings. The van der Waals surface area contributed by atoms with Crippen LogP contribution in [-0.4, -0.2) is 36.9 Å². The highest BCUT2D eigenvalue weighted by molar-refractivity contribution is 5.76.